The lowest BCUT2D eigenvalue weighted by molar-refractivity contribution is 1.08. The first-order chi connectivity index (χ1) is 5.26. The molecule has 0 aromatic carbocycles. The van der Waals surface area contributed by atoms with Crippen molar-refractivity contribution in [3.05, 3.63) is 29.1 Å². The summed E-state index contributed by atoms with van der Waals surface area (Å²) in [4.78, 5) is 4.43. The summed E-state index contributed by atoms with van der Waals surface area (Å²) in [5, 5.41) is 0. The molecule has 0 spiro atoms. The fraction of sp³-hybridized carbons (Fsp3) is 0.375. The lowest BCUT2D eigenvalue weighted by Crippen LogP contribution is -1.91. The molecular weight excluding hydrogens is 172 g/mol. The van der Waals surface area contributed by atoms with E-state index in [0.717, 1.165) is 23.7 Å². The molecule has 2 atom stereocenters. The Labute approximate surface area is 72.4 Å². The fourth-order valence-corrected chi connectivity index (χ4v) is 1.44. The van der Waals surface area contributed by atoms with Crippen molar-refractivity contribution in [1.82, 2.24) is 4.98 Å². The molecule has 1 nitrogen and oxygen atoms in total. The van der Waals surface area contributed by atoms with Crippen LogP contribution in [-0.2, 0) is 12.3 Å². The van der Waals surface area contributed by atoms with Crippen LogP contribution in [0.4, 0.5) is 0 Å². The molecule has 0 saturated carbocycles. The molecule has 1 heterocycles. The number of aryl methyl sites for hydroxylation is 1. The average molecular weight is 185 g/mol. The molecule has 0 amide bonds. The van der Waals surface area contributed by atoms with Gasteiger partial charge >= 0.3 is 0 Å². The predicted octanol–water partition coefficient (Wildman–Crippen LogP) is 2.14. The second kappa shape index (κ2) is 4.14. The molecule has 0 fully saturated rings. The smallest absolute Gasteiger partial charge is 0.0447 e. The Morgan fingerprint density at radius 2 is 1.64 bits per heavy atom. The minimum absolute atomic E-state index is 0.944. The van der Waals surface area contributed by atoms with Crippen LogP contribution in [0.3, 0.4) is 0 Å². The number of hydrogen-bond acceptors (Lipinski definition) is 1. The summed E-state index contributed by atoms with van der Waals surface area (Å²) in [5.74, 6) is 0. The van der Waals surface area contributed by atoms with Crippen LogP contribution in [0.1, 0.15) is 17.0 Å². The van der Waals surface area contributed by atoms with E-state index in [1.54, 1.807) is 0 Å². The third kappa shape index (κ3) is 2.51. The van der Waals surface area contributed by atoms with Gasteiger partial charge in [0.25, 0.3) is 0 Å². The van der Waals surface area contributed by atoms with E-state index in [-0.39, 0.29) is 0 Å². The highest BCUT2D eigenvalue weighted by Gasteiger charge is 1.95. The van der Waals surface area contributed by atoms with Crippen LogP contribution in [0.5, 0.6) is 0 Å². The zero-order valence-corrected chi connectivity index (χ0v) is 8.98. The van der Waals surface area contributed by atoms with Crippen molar-refractivity contribution in [2.24, 2.45) is 0 Å². The largest absolute Gasteiger partial charge is 0.257 e. The van der Waals surface area contributed by atoms with Gasteiger partial charge in [0, 0.05) is 23.7 Å². The Morgan fingerprint density at radius 1 is 1.18 bits per heavy atom. The molecular formula is C8H13NP2. The lowest BCUT2D eigenvalue weighted by atomic mass is 10.2. The number of aromatic nitrogens is 1. The van der Waals surface area contributed by atoms with Gasteiger partial charge < -0.3 is 0 Å². The number of rotatable bonds is 2. The fourth-order valence-electron chi connectivity index (χ4n) is 1.03. The van der Waals surface area contributed by atoms with Crippen LogP contribution < -0.4 is 0 Å². The molecule has 1 aromatic rings. The maximum absolute atomic E-state index is 4.43. The van der Waals surface area contributed by atoms with E-state index >= 15 is 0 Å². The average Bonchev–Trinajstić information content (AvgIpc) is 2.03. The molecule has 2 unspecified atom stereocenters. The second-order valence-corrected chi connectivity index (χ2v) is 3.35. The second-order valence-electron chi connectivity index (χ2n) is 2.54. The third-order valence-electron chi connectivity index (χ3n) is 1.49. The maximum Gasteiger partial charge on any atom is 0.0447 e. The van der Waals surface area contributed by atoms with Crippen molar-refractivity contribution < 1.29 is 0 Å². The van der Waals surface area contributed by atoms with Gasteiger partial charge in [0.2, 0.25) is 0 Å². The van der Waals surface area contributed by atoms with Gasteiger partial charge in [-0.3, -0.25) is 4.98 Å². The van der Waals surface area contributed by atoms with Gasteiger partial charge in [-0.05, 0) is 24.6 Å². The van der Waals surface area contributed by atoms with Crippen LogP contribution in [-0.4, -0.2) is 4.98 Å². The van der Waals surface area contributed by atoms with Gasteiger partial charge in [-0.25, -0.2) is 0 Å². The molecule has 0 aliphatic carbocycles. The summed E-state index contributed by atoms with van der Waals surface area (Å²) >= 11 is 0. The minimum atomic E-state index is 0.944. The monoisotopic (exact) mass is 185 g/mol. The Morgan fingerprint density at radius 3 is 2.00 bits per heavy atom. The zero-order chi connectivity index (χ0) is 8.27. The Kier molecular flexibility index (Phi) is 3.43. The van der Waals surface area contributed by atoms with Crippen molar-refractivity contribution >= 4 is 18.5 Å². The van der Waals surface area contributed by atoms with E-state index in [2.05, 4.69) is 42.5 Å². The first-order valence-electron chi connectivity index (χ1n) is 3.63. The summed E-state index contributed by atoms with van der Waals surface area (Å²) in [7, 11) is 5.38. The molecule has 1 rings (SSSR count). The SMILES string of the molecule is Cc1cc(CP)nc(CP)c1. The molecule has 0 aliphatic rings. The van der Waals surface area contributed by atoms with Gasteiger partial charge in [0.1, 0.15) is 0 Å². The summed E-state index contributed by atoms with van der Waals surface area (Å²) in [6.45, 7) is 2.11. The maximum atomic E-state index is 4.43. The van der Waals surface area contributed by atoms with Crippen LogP contribution in [0.15, 0.2) is 12.1 Å². The molecule has 0 aliphatic heterocycles. The summed E-state index contributed by atoms with van der Waals surface area (Å²) in [6, 6.07) is 4.24. The van der Waals surface area contributed by atoms with Gasteiger partial charge in [-0.2, -0.15) is 0 Å². The Bertz CT molecular complexity index is 226. The van der Waals surface area contributed by atoms with Crippen molar-refractivity contribution in [2.75, 3.05) is 0 Å². The summed E-state index contributed by atoms with van der Waals surface area (Å²) in [5.41, 5.74) is 3.62. The van der Waals surface area contributed by atoms with E-state index in [1.165, 1.54) is 5.56 Å². The van der Waals surface area contributed by atoms with Gasteiger partial charge in [-0.15, -0.1) is 18.5 Å². The molecule has 0 N–H and O–H groups in total. The van der Waals surface area contributed by atoms with E-state index in [9.17, 15) is 0 Å². The van der Waals surface area contributed by atoms with Gasteiger partial charge in [-0.1, -0.05) is 0 Å². The first kappa shape index (κ1) is 9.10. The highest BCUT2D eigenvalue weighted by molar-refractivity contribution is 7.15. The summed E-state index contributed by atoms with van der Waals surface area (Å²) < 4.78 is 0. The van der Waals surface area contributed by atoms with Crippen LogP contribution in [0.25, 0.3) is 0 Å². The summed E-state index contributed by atoms with van der Waals surface area (Å²) in [6.07, 6.45) is 1.89. The normalized spacial score (nSPS) is 10.1. The van der Waals surface area contributed by atoms with E-state index in [1.807, 2.05) is 0 Å². The molecule has 0 saturated heterocycles. The molecule has 3 heteroatoms. The Hall–Kier alpha value is 0.01000. The van der Waals surface area contributed by atoms with Crippen molar-refractivity contribution in [3.8, 4) is 0 Å². The molecule has 0 radical (unpaired) electrons. The van der Waals surface area contributed by atoms with Gasteiger partial charge in [0.05, 0.1) is 0 Å². The van der Waals surface area contributed by atoms with Gasteiger partial charge in [0.15, 0.2) is 0 Å². The minimum Gasteiger partial charge on any atom is -0.257 e. The molecule has 1 aromatic heterocycles. The Balaban J connectivity index is 3.02. The number of pyridine rings is 1. The van der Waals surface area contributed by atoms with E-state index in [4.69, 9.17) is 0 Å². The van der Waals surface area contributed by atoms with Crippen molar-refractivity contribution in [1.29, 1.82) is 0 Å². The topological polar surface area (TPSA) is 12.9 Å². The molecule has 60 valence electrons. The van der Waals surface area contributed by atoms with Crippen molar-refractivity contribution in [3.63, 3.8) is 0 Å². The molecule has 0 bridgehead atoms. The molecule has 11 heavy (non-hydrogen) atoms. The van der Waals surface area contributed by atoms with Crippen LogP contribution >= 0.6 is 18.5 Å². The zero-order valence-electron chi connectivity index (χ0n) is 6.67. The van der Waals surface area contributed by atoms with Crippen LogP contribution in [0.2, 0.25) is 0 Å². The number of nitrogens with zero attached hydrogens (tertiary/aromatic N) is 1. The highest BCUT2D eigenvalue weighted by atomic mass is 31.0. The lowest BCUT2D eigenvalue weighted by Gasteiger charge is -2.01. The standard InChI is InChI=1S/C8H13NP2/c1-6-2-7(4-10)9-8(3-6)5-11/h2-3H,4-5,10-11H2,1H3. The third-order valence-corrected chi connectivity index (χ3v) is 2.33. The first-order valence-corrected chi connectivity index (χ1v) is 5.26. The van der Waals surface area contributed by atoms with E-state index in [0.29, 0.717) is 0 Å². The number of hydrogen-bond donors (Lipinski definition) is 0. The van der Waals surface area contributed by atoms with Crippen LogP contribution in [0, 0.1) is 6.92 Å². The highest BCUT2D eigenvalue weighted by Crippen LogP contribution is 2.10. The quantitative estimate of drug-likeness (QED) is 0.643. The van der Waals surface area contributed by atoms with Crippen molar-refractivity contribution in [2.45, 2.75) is 19.2 Å². The predicted molar refractivity (Wildman–Crippen MR) is 55.8 cm³/mol. The van der Waals surface area contributed by atoms with E-state index < -0.39 is 0 Å².